The maximum absolute atomic E-state index is 13.3. The van der Waals surface area contributed by atoms with Gasteiger partial charge in [0.2, 0.25) is 0 Å². The number of ether oxygens (including phenoxy) is 1. The van der Waals surface area contributed by atoms with Crippen molar-refractivity contribution in [2.24, 2.45) is 0 Å². The number of rotatable bonds is 5. The molecule has 146 valence electrons. The first-order valence-corrected chi connectivity index (χ1v) is 9.31. The smallest absolute Gasteiger partial charge is 0.317 e. The van der Waals surface area contributed by atoms with Crippen LogP contribution in [0.2, 0.25) is 0 Å². The maximum atomic E-state index is 13.3. The van der Waals surface area contributed by atoms with Crippen molar-refractivity contribution in [1.29, 1.82) is 0 Å². The number of carbonyl (C=O) groups is 1. The molecule has 0 spiro atoms. The molecular weight excluding hydrogens is 363 g/mol. The number of nitrogens with zero attached hydrogens (tertiary/aromatic N) is 2. The maximum Gasteiger partial charge on any atom is 0.317 e. The molecule has 0 bridgehead atoms. The Morgan fingerprint density at radius 3 is 2.50 bits per heavy atom. The highest BCUT2D eigenvalue weighted by Gasteiger charge is 2.44. The van der Waals surface area contributed by atoms with Crippen molar-refractivity contribution in [2.75, 3.05) is 0 Å². The van der Waals surface area contributed by atoms with Gasteiger partial charge in [-0.3, -0.25) is 4.79 Å². The fourth-order valence-corrected chi connectivity index (χ4v) is 3.89. The molecule has 0 amide bonds. The van der Waals surface area contributed by atoms with Gasteiger partial charge in [0.25, 0.3) is 11.8 Å². The fourth-order valence-electron chi connectivity index (χ4n) is 3.89. The van der Waals surface area contributed by atoms with Gasteiger partial charge in [-0.1, -0.05) is 25.0 Å². The molecule has 1 aliphatic rings. The summed E-state index contributed by atoms with van der Waals surface area (Å²) in [6.45, 7) is 3.55. The van der Waals surface area contributed by atoms with Gasteiger partial charge in [-0.2, -0.15) is 0 Å². The summed E-state index contributed by atoms with van der Waals surface area (Å²) in [4.78, 5) is 12.9. The Hall–Kier alpha value is -2.96. The number of aryl methyl sites for hydroxylation is 2. The van der Waals surface area contributed by atoms with Crippen LogP contribution in [0.5, 0.6) is 0 Å². The summed E-state index contributed by atoms with van der Waals surface area (Å²) in [5.74, 6) is 1.32. The van der Waals surface area contributed by atoms with Crippen LogP contribution < -0.4 is 0 Å². The molecule has 0 unspecified atom stereocenters. The summed E-state index contributed by atoms with van der Waals surface area (Å²) in [6, 6.07) is 7.90. The Bertz CT molecular complexity index is 984. The van der Waals surface area contributed by atoms with Crippen LogP contribution >= 0.6 is 0 Å². The van der Waals surface area contributed by atoms with Gasteiger partial charge in [0.1, 0.15) is 17.3 Å². The third-order valence-corrected chi connectivity index (χ3v) is 5.31. The molecule has 0 aliphatic heterocycles. The topological polar surface area (TPSA) is 78.4 Å². The molecule has 6 nitrogen and oxygen atoms in total. The van der Waals surface area contributed by atoms with Gasteiger partial charge in [0, 0.05) is 0 Å². The molecule has 0 atom stereocenters. The number of hydrogen-bond acceptors (Lipinski definition) is 6. The van der Waals surface area contributed by atoms with Crippen molar-refractivity contribution in [2.45, 2.75) is 51.6 Å². The molecule has 1 saturated carbocycles. The average molecular weight is 384 g/mol. The third-order valence-electron chi connectivity index (χ3n) is 5.31. The van der Waals surface area contributed by atoms with Crippen LogP contribution in [0, 0.1) is 19.7 Å². The van der Waals surface area contributed by atoms with E-state index in [-0.39, 0.29) is 24.3 Å². The first-order chi connectivity index (χ1) is 13.5. The number of aromatic nitrogens is 2. The summed E-state index contributed by atoms with van der Waals surface area (Å²) < 4.78 is 29.9. The Morgan fingerprint density at radius 1 is 1.14 bits per heavy atom. The Balaban J connectivity index is 1.49. The van der Waals surface area contributed by atoms with E-state index in [9.17, 15) is 9.18 Å². The second-order valence-corrected chi connectivity index (χ2v) is 7.20. The van der Waals surface area contributed by atoms with Crippen LogP contribution in [-0.2, 0) is 21.6 Å². The standard InChI is InChI=1S/C21H21FN2O4/c1-13-11-17(14(2)27-13)19-24-23-18(28-19)12-26-20(25)21(9-3-4-10-21)15-5-7-16(22)8-6-15/h5-8,11H,3-4,9-10,12H2,1-2H3. The van der Waals surface area contributed by atoms with Gasteiger partial charge in [0.05, 0.1) is 11.0 Å². The molecule has 0 saturated heterocycles. The Kier molecular flexibility index (Phi) is 4.75. The van der Waals surface area contributed by atoms with Crippen LogP contribution in [0.15, 0.2) is 39.2 Å². The summed E-state index contributed by atoms with van der Waals surface area (Å²) in [5, 5.41) is 7.98. The molecule has 1 aromatic carbocycles. The van der Waals surface area contributed by atoms with Gasteiger partial charge in [-0.15, -0.1) is 10.2 Å². The van der Waals surface area contributed by atoms with Crippen LogP contribution in [0.1, 0.15) is 48.7 Å². The van der Waals surface area contributed by atoms with Gasteiger partial charge < -0.3 is 13.6 Å². The lowest BCUT2D eigenvalue weighted by Gasteiger charge is -2.26. The van der Waals surface area contributed by atoms with E-state index in [0.717, 1.165) is 29.7 Å². The van der Waals surface area contributed by atoms with E-state index < -0.39 is 5.41 Å². The largest absolute Gasteiger partial charge is 0.466 e. The molecule has 7 heteroatoms. The number of benzene rings is 1. The molecule has 4 rings (SSSR count). The first kappa shape index (κ1) is 18.4. The lowest BCUT2D eigenvalue weighted by Crippen LogP contribution is -2.34. The van der Waals surface area contributed by atoms with E-state index in [1.165, 1.54) is 12.1 Å². The number of esters is 1. The zero-order chi connectivity index (χ0) is 19.7. The van der Waals surface area contributed by atoms with E-state index in [2.05, 4.69) is 10.2 Å². The molecule has 1 aliphatic carbocycles. The highest BCUT2D eigenvalue weighted by atomic mass is 19.1. The van der Waals surface area contributed by atoms with E-state index in [1.807, 2.05) is 19.9 Å². The predicted molar refractivity (Wildman–Crippen MR) is 97.8 cm³/mol. The van der Waals surface area contributed by atoms with E-state index in [0.29, 0.717) is 24.5 Å². The first-order valence-electron chi connectivity index (χ1n) is 9.31. The molecular formula is C21H21FN2O4. The fraction of sp³-hybridized carbons (Fsp3) is 0.381. The summed E-state index contributed by atoms with van der Waals surface area (Å²) in [5.41, 5.74) is 0.766. The Labute approximate surface area is 161 Å². The van der Waals surface area contributed by atoms with E-state index in [1.54, 1.807) is 12.1 Å². The minimum atomic E-state index is -0.741. The number of furan rings is 1. The lowest BCUT2D eigenvalue weighted by molar-refractivity contribution is -0.152. The zero-order valence-electron chi connectivity index (χ0n) is 15.8. The van der Waals surface area contributed by atoms with Crippen LogP contribution in [0.4, 0.5) is 4.39 Å². The number of carbonyl (C=O) groups excluding carboxylic acids is 1. The van der Waals surface area contributed by atoms with E-state index >= 15 is 0 Å². The normalized spacial score (nSPS) is 15.7. The SMILES string of the molecule is Cc1cc(-c2nnc(COC(=O)C3(c4ccc(F)cc4)CCCC3)o2)c(C)o1. The quantitative estimate of drug-likeness (QED) is 0.596. The van der Waals surface area contributed by atoms with Crippen LogP contribution in [0.25, 0.3) is 11.5 Å². The highest BCUT2D eigenvalue weighted by molar-refractivity contribution is 5.83. The third kappa shape index (κ3) is 3.32. The summed E-state index contributed by atoms with van der Waals surface area (Å²) in [7, 11) is 0. The molecule has 0 N–H and O–H groups in total. The Morgan fingerprint density at radius 2 is 1.86 bits per heavy atom. The predicted octanol–water partition coefficient (Wildman–Crippen LogP) is 4.64. The molecule has 3 aromatic rings. The molecule has 28 heavy (non-hydrogen) atoms. The second kappa shape index (κ2) is 7.22. The number of hydrogen-bond donors (Lipinski definition) is 0. The van der Waals surface area contributed by atoms with Crippen molar-refractivity contribution in [3.63, 3.8) is 0 Å². The molecule has 2 aromatic heterocycles. The minimum absolute atomic E-state index is 0.106. The van der Waals surface area contributed by atoms with Gasteiger partial charge in [-0.25, -0.2) is 4.39 Å². The second-order valence-electron chi connectivity index (χ2n) is 7.20. The zero-order valence-corrected chi connectivity index (χ0v) is 15.8. The monoisotopic (exact) mass is 384 g/mol. The van der Waals surface area contributed by atoms with Crippen LogP contribution in [0.3, 0.4) is 0 Å². The van der Waals surface area contributed by atoms with Crippen molar-refractivity contribution < 1.29 is 22.8 Å². The highest BCUT2D eigenvalue weighted by Crippen LogP contribution is 2.42. The molecule has 0 radical (unpaired) electrons. The molecule has 1 fully saturated rings. The van der Waals surface area contributed by atoms with Crippen molar-refractivity contribution in [1.82, 2.24) is 10.2 Å². The number of halogens is 1. The van der Waals surface area contributed by atoms with Crippen molar-refractivity contribution >= 4 is 5.97 Å². The lowest BCUT2D eigenvalue weighted by atomic mass is 9.79. The average Bonchev–Trinajstić information content (AvgIpc) is 3.40. The minimum Gasteiger partial charge on any atom is -0.466 e. The van der Waals surface area contributed by atoms with Crippen molar-refractivity contribution in [3.05, 3.63) is 59.1 Å². The molecule has 2 heterocycles. The van der Waals surface area contributed by atoms with Gasteiger partial charge in [-0.05, 0) is 50.5 Å². The van der Waals surface area contributed by atoms with Gasteiger partial charge in [0.15, 0.2) is 6.61 Å². The van der Waals surface area contributed by atoms with Gasteiger partial charge >= 0.3 is 5.97 Å². The van der Waals surface area contributed by atoms with Crippen LogP contribution in [-0.4, -0.2) is 16.2 Å². The summed E-state index contributed by atoms with van der Waals surface area (Å²) in [6.07, 6.45) is 3.21. The van der Waals surface area contributed by atoms with E-state index in [4.69, 9.17) is 13.6 Å². The summed E-state index contributed by atoms with van der Waals surface area (Å²) >= 11 is 0. The van der Waals surface area contributed by atoms with Crippen molar-refractivity contribution in [3.8, 4) is 11.5 Å².